The van der Waals surface area contributed by atoms with Crippen LogP contribution in [0, 0.1) is 6.92 Å². The highest BCUT2D eigenvalue weighted by Crippen LogP contribution is 2.36. The molecular weight excluding hydrogens is 320 g/mol. The number of fused-ring (bicyclic) bond motifs is 1. The van der Waals surface area contributed by atoms with Crippen molar-refractivity contribution in [3.05, 3.63) is 59.7 Å². The Kier molecular flexibility index (Phi) is 5.20. The number of carbonyl (C=O) groups excluding carboxylic acids is 2. The SMILES string of the molecule is Cc1ccccc1CCNC(=O)C[C@@H]1Sc2ccccc2NC1=O. The number of para-hydroxylation sites is 1. The summed E-state index contributed by atoms with van der Waals surface area (Å²) < 4.78 is 0. The number of aryl methyl sites for hydroxylation is 1. The summed E-state index contributed by atoms with van der Waals surface area (Å²) in [6.07, 6.45) is 0.990. The Morgan fingerprint density at radius 1 is 1.17 bits per heavy atom. The van der Waals surface area contributed by atoms with Gasteiger partial charge in [0.05, 0.1) is 10.9 Å². The molecule has 0 unspecified atom stereocenters. The predicted octanol–water partition coefficient (Wildman–Crippen LogP) is 3.16. The number of rotatable bonds is 5. The van der Waals surface area contributed by atoms with E-state index in [-0.39, 0.29) is 23.5 Å². The number of carbonyl (C=O) groups is 2. The fourth-order valence-electron chi connectivity index (χ4n) is 2.69. The first kappa shape index (κ1) is 16.6. The fourth-order valence-corrected chi connectivity index (χ4v) is 3.81. The first-order valence-corrected chi connectivity index (χ1v) is 8.89. The van der Waals surface area contributed by atoms with Gasteiger partial charge in [-0.1, -0.05) is 36.4 Å². The molecule has 0 aliphatic carbocycles. The Morgan fingerprint density at radius 2 is 1.92 bits per heavy atom. The monoisotopic (exact) mass is 340 g/mol. The molecule has 0 fully saturated rings. The fraction of sp³-hybridized carbons (Fsp3) is 0.263. The van der Waals surface area contributed by atoms with Gasteiger partial charge >= 0.3 is 0 Å². The van der Waals surface area contributed by atoms with Gasteiger partial charge in [0.2, 0.25) is 11.8 Å². The van der Waals surface area contributed by atoms with Crippen molar-refractivity contribution in [3.8, 4) is 0 Å². The molecule has 3 rings (SSSR count). The standard InChI is InChI=1S/C19H20N2O2S/c1-13-6-2-3-7-14(13)10-11-20-18(22)12-17-19(23)21-15-8-4-5-9-16(15)24-17/h2-9,17H,10-12H2,1H3,(H,20,22)(H,21,23)/t17-/m0/s1. The molecule has 2 aromatic rings. The largest absolute Gasteiger partial charge is 0.356 e. The molecule has 0 bridgehead atoms. The highest BCUT2D eigenvalue weighted by molar-refractivity contribution is 8.01. The van der Waals surface area contributed by atoms with Crippen molar-refractivity contribution in [3.63, 3.8) is 0 Å². The molecule has 0 spiro atoms. The molecule has 0 radical (unpaired) electrons. The summed E-state index contributed by atoms with van der Waals surface area (Å²) in [7, 11) is 0. The lowest BCUT2D eigenvalue weighted by Crippen LogP contribution is -2.35. The third-order valence-corrected chi connectivity index (χ3v) is 5.33. The number of anilines is 1. The second-order valence-electron chi connectivity index (χ2n) is 5.82. The summed E-state index contributed by atoms with van der Waals surface area (Å²) in [5.74, 6) is -0.191. The molecule has 0 aromatic heterocycles. The van der Waals surface area contributed by atoms with Gasteiger partial charge < -0.3 is 10.6 Å². The van der Waals surface area contributed by atoms with E-state index in [0.717, 1.165) is 17.0 Å². The Bertz CT molecular complexity index is 761. The number of thioether (sulfide) groups is 1. The van der Waals surface area contributed by atoms with Crippen LogP contribution in [0.15, 0.2) is 53.4 Å². The minimum Gasteiger partial charge on any atom is -0.356 e. The lowest BCUT2D eigenvalue weighted by atomic mass is 10.1. The Morgan fingerprint density at radius 3 is 2.75 bits per heavy atom. The van der Waals surface area contributed by atoms with Crippen molar-refractivity contribution in [2.45, 2.75) is 29.9 Å². The minimum atomic E-state index is -0.377. The molecular formula is C19H20N2O2S. The van der Waals surface area contributed by atoms with E-state index in [9.17, 15) is 9.59 Å². The van der Waals surface area contributed by atoms with Gasteiger partial charge in [0.25, 0.3) is 0 Å². The Labute approximate surface area is 146 Å². The molecule has 0 saturated heterocycles. The molecule has 1 atom stereocenters. The maximum Gasteiger partial charge on any atom is 0.238 e. The van der Waals surface area contributed by atoms with Crippen LogP contribution in [0.3, 0.4) is 0 Å². The first-order valence-electron chi connectivity index (χ1n) is 8.01. The molecule has 2 aromatic carbocycles. The van der Waals surface area contributed by atoms with Crippen molar-refractivity contribution in [2.75, 3.05) is 11.9 Å². The van der Waals surface area contributed by atoms with Crippen molar-refractivity contribution in [1.82, 2.24) is 5.32 Å². The van der Waals surface area contributed by atoms with Crippen LogP contribution in [0.1, 0.15) is 17.5 Å². The molecule has 1 heterocycles. The van der Waals surface area contributed by atoms with E-state index in [2.05, 4.69) is 29.7 Å². The Hall–Kier alpha value is -2.27. The molecule has 124 valence electrons. The van der Waals surface area contributed by atoms with Crippen LogP contribution >= 0.6 is 11.8 Å². The summed E-state index contributed by atoms with van der Waals surface area (Å²) in [6, 6.07) is 15.8. The van der Waals surface area contributed by atoms with Crippen LogP contribution in [-0.4, -0.2) is 23.6 Å². The van der Waals surface area contributed by atoms with Gasteiger partial charge in [0.1, 0.15) is 0 Å². The molecule has 24 heavy (non-hydrogen) atoms. The van der Waals surface area contributed by atoms with Crippen LogP contribution in [0.4, 0.5) is 5.69 Å². The third-order valence-electron chi connectivity index (χ3n) is 4.06. The van der Waals surface area contributed by atoms with Crippen LogP contribution in [0.2, 0.25) is 0 Å². The normalized spacial score (nSPS) is 16.2. The average Bonchev–Trinajstić information content (AvgIpc) is 2.57. The van der Waals surface area contributed by atoms with Crippen molar-refractivity contribution >= 4 is 29.3 Å². The summed E-state index contributed by atoms with van der Waals surface area (Å²) in [5, 5.41) is 5.41. The Balaban J connectivity index is 1.50. The molecule has 2 N–H and O–H groups in total. The average molecular weight is 340 g/mol. The topological polar surface area (TPSA) is 58.2 Å². The number of benzene rings is 2. The summed E-state index contributed by atoms with van der Waals surface area (Å²) >= 11 is 1.45. The lowest BCUT2D eigenvalue weighted by Gasteiger charge is -2.23. The second-order valence-corrected chi connectivity index (χ2v) is 7.07. The van der Waals surface area contributed by atoms with Crippen molar-refractivity contribution in [1.29, 1.82) is 0 Å². The zero-order valence-electron chi connectivity index (χ0n) is 13.5. The summed E-state index contributed by atoms with van der Waals surface area (Å²) in [4.78, 5) is 25.3. The zero-order chi connectivity index (χ0) is 16.9. The lowest BCUT2D eigenvalue weighted by molar-refractivity contribution is -0.124. The van der Waals surface area contributed by atoms with E-state index in [1.165, 1.54) is 22.9 Å². The van der Waals surface area contributed by atoms with Crippen molar-refractivity contribution in [2.24, 2.45) is 0 Å². The maximum absolute atomic E-state index is 12.1. The van der Waals surface area contributed by atoms with E-state index >= 15 is 0 Å². The van der Waals surface area contributed by atoms with E-state index in [0.29, 0.717) is 6.54 Å². The van der Waals surface area contributed by atoms with Gasteiger partial charge in [-0.25, -0.2) is 0 Å². The smallest absolute Gasteiger partial charge is 0.238 e. The molecule has 2 amide bonds. The third kappa shape index (κ3) is 3.97. The van der Waals surface area contributed by atoms with E-state index in [1.54, 1.807) is 0 Å². The quantitative estimate of drug-likeness (QED) is 0.879. The van der Waals surface area contributed by atoms with Gasteiger partial charge in [-0.3, -0.25) is 9.59 Å². The first-order chi connectivity index (χ1) is 11.6. The van der Waals surface area contributed by atoms with Gasteiger partial charge in [0, 0.05) is 17.9 Å². The molecule has 4 nitrogen and oxygen atoms in total. The zero-order valence-corrected chi connectivity index (χ0v) is 14.4. The second kappa shape index (κ2) is 7.53. The maximum atomic E-state index is 12.1. The highest BCUT2D eigenvalue weighted by atomic mass is 32.2. The number of nitrogens with one attached hydrogen (secondary N) is 2. The van der Waals surface area contributed by atoms with Crippen LogP contribution < -0.4 is 10.6 Å². The summed E-state index contributed by atoms with van der Waals surface area (Å²) in [6.45, 7) is 2.65. The van der Waals surface area contributed by atoms with Crippen molar-refractivity contribution < 1.29 is 9.59 Å². The van der Waals surface area contributed by atoms with Gasteiger partial charge in [-0.05, 0) is 36.6 Å². The molecule has 1 aliphatic heterocycles. The van der Waals surface area contributed by atoms with Gasteiger partial charge in [0.15, 0.2) is 0 Å². The number of amides is 2. The summed E-state index contributed by atoms with van der Waals surface area (Å²) in [5.41, 5.74) is 3.28. The molecule has 1 aliphatic rings. The molecule has 0 saturated carbocycles. The predicted molar refractivity (Wildman–Crippen MR) is 97.2 cm³/mol. The number of hydrogen-bond acceptors (Lipinski definition) is 3. The minimum absolute atomic E-state index is 0.0874. The van der Waals surface area contributed by atoms with E-state index < -0.39 is 0 Å². The van der Waals surface area contributed by atoms with Crippen LogP contribution in [-0.2, 0) is 16.0 Å². The molecule has 5 heteroatoms. The van der Waals surface area contributed by atoms with E-state index in [1.807, 2.05) is 36.4 Å². The highest BCUT2D eigenvalue weighted by Gasteiger charge is 2.28. The van der Waals surface area contributed by atoms with E-state index in [4.69, 9.17) is 0 Å². The van der Waals surface area contributed by atoms with Gasteiger partial charge in [-0.15, -0.1) is 11.8 Å². The van der Waals surface area contributed by atoms with Crippen LogP contribution in [0.5, 0.6) is 0 Å². The van der Waals surface area contributed by atoms with Crippen LogP contribution in [0.25, 0.3) is 0 Å². The van der Waals surface area contributed by atoms with Gasteiger partial charge in [-0.2, -0.15) is 0 Å². The number of hydrogen-bond donors (Lipinski definition) is 2.